The van der Waals surface area contributed by atoms with Crippen molar-refractivity contribution in [2.24, 2.45) is 11.7 Å². The van der Waals surface area contributed by atoms with Crippen LogP contribution in [0.3, 0.4) is 0 Å². The Morgan fingerprint density at radius 2 is 2.33 bits per heavy atom. The number of aromatic nitrogens is 1. The summed E-state index contributed by atoms with van der Waals surface area (Å²) < 4.78 is 0. The van der Waals surface area contributed by atoms with Crippen LogP contribution in [0.5, 0.6) is 0 Å². The van der Waals surface area contributed by atoms with Gasteiger partial charge in [0, 0.05) is 19.1 Å². The number of hydrogen-bond donors (Lipinski definition) is 4. The normalized spacial score (nSPS) is 20.0. The Morgan fingerprint density at radius 3 is 2.86 bits per heavy atom. The zero-order valence-corrected chi connectivity index (χ0v) is 13.2. The molecular formula is C13H23N5O2S. The smallest absolute Gasteiger partial charge is 0.265 e. The van der Waals surface area contributed by atoms with Gasteiger partial charge in [-0.1, -0.05) is 25.2 Å². The SMILES string of the molecule is CC(C)[C@@H](CO)NC(=O)c1sc(N2CCC(N)C2)nc1N. The Kier molecular flexibility index (Phi) is 5.02. The minimum Gasteiger partial charge on any atom is -0.394 e. The van der Waals surface area contributed by atoms with Gasteiger partial charge in [-0.05, 0) is 12.3 Å². The fraction of sp³-hybridized carbons (Fsp3) is 0.692. The molecular weight excluding hydrogens is 290 g/mol. The van der Waals surface area contributed by atoms with Crippen LogP contribution in [0.1, 0.15) is 29.9 Å². The molecule has 1 fully saturated rings. The highest BCUT2D eigenvalue weighted by Crippen LogP contribution is 2.30. The van der Waals surface area contributed by atoms with Gasteiger partial charge in [0.1, 0.15) is 10.7 Å². The molecule has 1 unspecified atom stereocenters. The highest BCUT2D eigenvalue weighted by molar-refractivity contribution is 7.18. The lowest BCUT2D eigenvalue weighted by atomic mass is 10.1. The predicted molar refractivity (Wildman–Crippen MR) is 84.5 cm³/mol. The molecule has 1 aliphatic rings. The van der Waals surface area contributed by atoms with E-state index in [-0.39, 0.29) is 36.3 Å². The summed E-state index contributed by atoms with van der Waals surface area (Å²) in [5, 5.41) is 12.8. The van der Waals surface area contributed by atoms with E-state index in [1.807, 2.05) is 13.8 Å². The summed E-state index contributed by atoms with van der Waals surface area (Å²) in [6.07, 6.45) is 0.918. The number of thiazole rings is 1. The molecule has 1 aromatic rings. The number of nitrogens with one attached hydrogen (secondary N) is 1. The minimum absolute atomic E-state index is 0.101. The Labute approximate surface area is 128 Å². The number of amides is 1. The maximum Gasteiger partial charge on any atom is 0.265 e. The fourth-order valence-electron chi connectivity index (χ4n) is 2.24. The molecule has 0 saturated carbocycles. The monoisotopic (exact) mass is 313 g/mol. The maximum absolute atomic E-state index is 12.3. The van der Waals surface area contributed by atoms with Crippen molar-refractivity contribution in [1.82, 2.24) is 10.3 Å². The zero-order chi connectivity index (χ0) is 15.6. The number of aliphatic hydroxyl groups excluding tert-OH is 1. The first-order valence-electron chi connectivity index (χ1n) is 7.11. The van der Waals surface area contributed by atoms with E-state index in [9.17, 15) is 9.90 Å². The molecule has 2 rings (SSSR count). The Bertz CT molecular complexity index is 505. The fourth-order valence-corrected chi connectivity index (χ4v) is 3.16. The number of rotatable bonds is 5. The molecule has 0 aliphatic carbocycles. The van der Waals surface area contributed by atoms with Crippen LogP contribution in [0, 0.1) is 5.92 Å². The summed E-state index contributed by atoms with van der Waals surface area (Å²) in [6.45, 7) is 5.35. The lowest BCUT2D eigenvalue weighted by molar-refractivity contribution is 0.0901. The molecule has 118 valence electrons. The second-order valence-corrected chi connectivity index (χ2v) is 6.69. The third-order valence-corrected chi connectivity index (χ3v) is 4.79. The van der Waals surface area contributed by atoms with Gasteiger partial charge < -0.3 is 26.8 Å². The minimum atomic E-state index is -0.289. The maximum atomic E-state index is 12.3. The van der Waals surface area contributed by atoms with Gasteiger partial charge in [-0.2, -0.15) is 0 Å². The molecule has 7 nitrogen and oxygen atoms in total. The topological polar surface area (TPSA) is 118 Å². The van der Waals surface area contributed by atoms with E-state index in [4.69, 9.17) is 11.5 Å². The van der Waals surface area contributed by atoms with Crippen LogP contribution in [0.2, 0.25) is 0 Å². The Hall–Kier alpha value is -1.38. The number of nitrogen functional groups attached to an aromatic ring is 1. The summed E-state index contributed by atoms with van der Waals surface area (Å²) in [4.78, 5) is 19.0. The average molecular weight is 313 g/mol. The molecule has 1 saturated heterocycles. The summed E-state index contributed by atoms with van der Waals surface area (Å²) in [6, 6.07) is -0.144. The van der Waals surface area contributed by atoms with E-state index in [1.165, 1.54) is 11.3 Å². The van der Waals surface area contributed by atoms with E-state index < -0.39 is 0 Å². The number of nitrogens with zero attached hydrogens (tertiary/aromatic N) is 2. The average Bonchev–Trinajstić information content (AvgIpc) is 3.01. The van der Waals surface area contributed by atoms with Gasteiger partial charge in [0.25, 0.3) is 5.91 Å². The van der Waals surface area contributed by atoms with Gasteiger partial charge in [-0.15, -0.1) is 0 Å². The second-order valence-electron chi connectivity index (χ2n) is 5.71. The largest absolute Gasteiger partial charge is 0.394 e. The van der Waals surface area contributed by atoms with Crippen LogP contribution in [-0.4, -0.2) is 47.8 Å². The van der Waals surface area contributed by atoms with Gasteiger partial charge in [-0.3, -0.25) is 4.79 Å². The van der Waals surface area contributed by atoms with Gasteiger partial charge in [0.05, 0.1) is 12.6 Å². The van der Waals surface area contributed by atoms with Gasteiger partial charge in [0.2, 0.25) is 0 Å². The third-order valence-electron chi connectivity index (χ3n) is 3.66. The molecule has 0 aromatic carbocycles. The first-order valence-corrected chi connectivity index (χ1v) is 7.92. The quantitative estimate of drug-likeness (QED) is 0.608. The van der Waals surface area contributed by atoms with Gasteiger partial charge >= 0.3 is 0 Å². The van der Waals surface area contributed by atoms with Crippen LogP contribution in [0.4, 0.5) is 10.9 Å². The van der Waals surface area contributed by atoms with Crippen molar-refractivity contribution in [3.63, 3.8) is 0 Å². The lowest BCUT2D eigenvalue weighted by Crippen LogP contribution is -2.41. The molecule has 0 spiro atoms. The van der Waals surface area contributed by atoms with Crippen molar-refractivity contribution in [2.75, 3.05) is 30.3 Å². The summed E-state index contributed by atoms with van der Waals surface area (Å²) in [5.74, 6) is 0.0880. The number of nitrogens with two attached hydrogens (primary N) is 2. The lowest BCUT2D eigenvalue weighted by Gasteiger charge is -2.19. The number of carbonyl (C=O) groups is 1. The molecule has 2 heterocycles. The van der Waals surface area contributed by atoms with Gasteiger partial charge in [0.15, 0.2) is 5.13 Å². The van der Waals surface area contributed by atoms with Crippen molar-refractivity contribution in [1.29, 1.82) is 0 Å². The zero-order valence-electron chi connectivity index (χ0n) is 12.4. The van der Waals surface area contributed by atoms with E-state index in [0.717, 1.165) is 24.6 Å². The van der Waals surface area contributed by atoms with Crippen LogP contribution in [0.15, 0.2) is 0 Å². The first-order chi connectivity index (χ1) is 9.92. The van der Waals surface area contributed by atoms with E-state index in [2.05, 4.69) is 15.2 Å². The summed E-state index contributed by atoms with van der Waals surface area (Å²) in [5.41, 5.74) is 11.7. The predicted octanol–water partition coefficient (Wildman–Crippen LogP) is 0.00940. The molecule has 0 bridgehead atoms. The summed E-state index contributed by atoms with van der Waals surface area (Å²) in [7, 11) is 0. The number of carbonyl (C=O) groups excluding carboxylic acids is 1. The molecule has 2 atom stereocenters. The van der Waals surface area contributed by atoms with Crippen molar-refractivity contribution in [2.45, 2.75) is 32.4 Å². The van der Waals surface area contributed by atoms with Crippen molar-refractivity contribution in [3.8, 4) is 0 Å². The number of aliphatic hydroxyl groups is 1. The molecule has 1 aliphatic heterocycles. The molecule has 8 heteroatoms. The highest BCUT2D eigenvalue weighted by Gasteiger charge is 2.26. The Morgan fingerprint density at radius 1 is 1.62 bits per heavy atom. The summed E-state index contributed by atoms with van der Waals surface area (Å²) >= 11 is 1.27. The molecule has 1 aromatic heterocycles. The first kappa shape index (κ1) is 16.0. The van der Waals surface area contributed by atoms with Crippen LogP contribution >= 0.6 is 11.3 Å². The van der Waals surface area contributed by atoms with Crippen LogP contribution in [0.25, 0.3) is 0 Å². The van der Waals surface area contributed by atoms with Crippen molar-refractivity contribution >= 4 is 28.2 Å². The van der Waals surface area contributed by atoms with E-state index >= 15 is 0 Å². The molecule has 21 heavy (non-hydrogen) atoms. The second kappa shape index (κ2) is 6.59. The highest BCUT2D eigenvalue weighted by atomic mass is 32.1. The molecule has 0 radical (unpaired) electrons. The molecule has 1 amide bonds. The van der Waals surface area contributed by atoms with E-state index in [1.54, 1.807) is 0 Å². The standard InChI is InChI=1S/C13H23N5O2S/c1-7(2)9(6-19)16-12(20)10-11(15)17-13(21-10)18-4-3-8(14)5-18/h7-9,19H,3-6,14-15H2,1-2H3,(H,16,20)/t8?,9-/m1/s1. The van der Waals surface area contributed by atoms with Gasteiger partial charge in [-0.25, -0.2) is 4.98 Å². The van der Waals surface area contributed by atoms with Crippen molar-refractivity contribution in [3.05, 3.63) is 4.88 Å². The van der Waals surface area contributed by atoms with Crippen LogP contribution < -0.4 is 21.7 Å². The van der Waals surface area contributed by atoms with Crippen molar-refractivity contribution < 1.29 is 9.90 Å². The van der Waals surface area contributed by atoms with E-state index in [0.29, 0.717) is 4.88 Å². The number of anilines is 2. The molecule has 6 N–H and O–H groups in total. The number of hydrogen-bond acceptors (Lipinski definition) is 7. The van der Waals surface area contributed by atoms with Crippen LogP contribution in [-0.2, 0) is 0 Å². The Balaban J connectivity index is 2.09. The third kappa shape index (κ3) is 3.63.